The summed E-state index contributed by atoms with van der Waals surface area (Å²) in [6.07, 6.45) is -0.0444. The van der Waals surface area contributed by atoms with E-state index in [1.165, 1.54) is 0 Å². The van der Waals surface area contributed by atoms with E-state index in [9.17, 15) is 9.59 Å². The first-order valence-electron chi connectivity index (χ1n) is 9.05. The van der Waals surface area contributed by atoms with Crippen LogP contribution in [-0.4, -0.2) is 44.1 Å². The average molecular weight is 367 g/mol. The Kier molecular flexibility index (Phi) is 6.08. The number of methoxy groups -OCH3 is 1. The average Bonchev–Trinajstić information content (AvgIpc) is 2.76. The number of para-hydroxylation sites is 1. The molecule has 27 heavy (non-hydrogen) atoms. The Morgan fingerprint density at radius 2 is 1.85 bits per heavy atom. The van der Waals surface area contributed by atoms with E-state index < -0.39 is 0 Å². The molecule has 6 nitrogen and oxygen atoms in total. The summed E-state index contributed by atoms with van der Waals surface area (Å²) in [5, 5.41) is 2.94. The highest BCUT2D eigenvalue weighted by Crippen LogP contribution is 2.30. The first-order chi connectivity index (χ1) is 13.1. The molecule has 1 N–H and O–H groups in total. The largest absolute Gasteiger partial charge is 0.375 e. The lowest BCUT2D eigenvalue weighted by atomic mass is 10.1. The van der Waals surface area contributed by atoms with E-state index in [1.54, 1.807) is 24.0 Å². The van der Waals surface area contributed by atoms with E-state index in [0.717, 1.165) is 16.8 Å². The van der Waals surface area contributed by atoms with Gasteiger partial charge in [0.05, 0.1) is 6.54 Å². The van der Waals surface area contributed by atoms with Gasteiger partial charge < -0.3 is 19.9 Å². The van der Waals surface area contributed by atoms with Crippen molar-refractivity contribution in [2.24, 2.45) is 0 Å². The summed E-state index contributed by atoms with van der Waals surface area (Å²) in [5.74, 6) is -0.0277. The number of urea groups is 1. The van der Waals surface area contributed by atoms with Crippen LogP contribution in [0.5, 0.6) is 0 Å². The molecule has 0 radical (unpaired) electrons. The monoisotopic (exact) mass is 367 g/mol. The second-order valence-corrected chi connectivity index (χ2v) is 6.58. The quantitative estimate of drug-likeness (QED) is 0.907. The van der Waals surface area contributed by atoms with E-state index >= 15 is 0 Å². The van der Waals surface area contributed by atoms with Gasteiger partial charge in [-0.05, 0) is 11.6 Å². The topological polar surface area (TPSA) is 61.9 Å². The molecule has 1 aliphatic heterocycles. The molecular formula is C21H25N3O3. The molecule has 0 aromatic heterocycles. The summed E-state index contributed by atoms with van der Waals surface area (Å²) in [4.78, 5) is 28.6. The van der Waals surface area contributed by atoms with Gasteiger partial charge >= 0.3 is 6.03 Å². The van der Waals surface area contributed by atoms with Gasteiger partial charge in [0.1, 0.15) is 6.10 Å². The highest BCUT2D eigenvalue weighted by Gasteiger charge is 2.27. The first-order valence-corrected chi connectivity index (χ1v) is 9.05. The third kappa shape index (κ3) is 4.46. The first kappa shape index (κ1) is 18.9. The van der Waals surface area contributed by atoms with Crippen LogP contribution in [0, 0.1) is 0 Å². The van der Waals surface area contributed by atoms with E-state index in [4.69, 9.17) is 4.74 Å². The van der Waals surface area contributed by atoms with Gasteiger partial charge in [0.15, 0.2) is 0 Å². The third-order valence-electron chi connectivity index (χ3n) is 4.86. The molecule has 0 saturated heterocycles. The molecule has 2 aromatic carbocycles. The Balaban J connectivity index is 1.79. The summed E-state index contributed by atoms with van der Waals surface area (Å²) in [6, 6.07) is 17.2. The number of ether oxygens (including phenoxy) is 1. The number of nitrogens with zero attached hydrogens (tertiary/aromatic N) is 2. The summed E-state index contributed by atoms with van der Waals surface area (Å²) < 4.78 is 5.68. The highest BCUT2D eigenvalue weighted by atomic mass is 16.5. The van der Waals surface area contributed by atoms with Crippen LogP contribution >= 0.6 is 0 Å². The number of benzene rings is 2. The van der Waals surface area contributed by atoms with Gasteiger partial charge in [-0.1, -0.05) is 48.5 Å². The molecule has 1 heterocycles. The predicted octanol–water partition coefficient (Wildman–Crippen LogP) is 2.95. The van der Waals surface area contributed by atoms with E-state index in [-0.39, 0.29) is 24.5 Å². The number of carbonyl (C=O) groups is 2. The summed E-state index contributed by atoms with van der Waals surface area (Å²) in [5.41, 5.74) is 2.75. The van der Waals surface area contributed by atoms with Crippen LogP contribution in [0.2, 0.25) is 0 Å². The number of hydrogen-bond acceptors (Lipinski definition) is 3. The van der Waals surface area contributed by atoms with Crippen molar-refractivity contribution in [3.8, 4) is 0 Å². The number of hydrogen-bond donors (Lipinski definition) is 1. The molecule has 1 unspecified atom stereocenters. The maximum Gasteiger partial charge on any atom is 0.317 e. The maximum absolute atomic E-state index is 12.7. The Morgan fingerprint density at radius 1 is 1.15 bits per heavy atom. The fourth-order valence-electron chi connectivity index (χ4n) is 3.26. The zero-order valence-corrected chi connectivity index (χ0v) is 15.7. The molecule has 1 atom stereocenters. The van der Waals surface area contributed by atoms with Crippen LogP contribution in [0.1, 0.15) is 23.7 Å². The minimum atomic E-state index is -0.308. The van der Waals surface area contributed by atoms with Crippen LogP contribution in [0.3, 0.4) is 0 Å². The predicted molar refractivity (Wildman–Crippen MR) is 104 cm³/mol. The van der Waals surface area contributed by atoms with Crippen molar-refractivity contribution >= 4 is 17.6 Å². The fraction of sp³-hybridized carbons (Fsp3) is 0.333. The number of nitrogens with one attached hydrogen (secondary N) is 1. The SMILES string of the molecule is COC1CN(C(=O)NCc2ccccc2)CCC(=O)N(C)c2ccccc21. The normalized spacial score (nSPS) is 17.6. The summed E-state index contributed by atoms with van der Waals surface area (Å²) in [6.45, 7) is 1.17. The van der Waals surface area contributed by atoms with Gasteiger partial charge in [0, 0.05) is 44.9 Å². The summed E-state index contributed by atoms with van der Waals surface area (Å²) >= 11 is 0. The second kappa shape index (κ2) is 8.68. The Morgan fingerprint density at radius 3 is 2.59 bits per heavy atom. The molecule has 1 aliphatic rings. The molecule has 2 aromatic rings. The van der Waals surface area contributed by atoms with Gasteiger partial charge in [-0.25, -0.2) is 4.79 Å². The molecule has 0 aliphatic carbocycles. The van der Waals surface area contributed by atoms with E-state index in [1.807, 2.05) is 54.6 Å². The van der Waals surface area contributed by atoms with Gasteiger partial charge in [-0.15, -0.1) is 0 Å². The van der Waals surface area contributed by atoms with Gasteiger partial charge in [0.25, 0.3) is 0 Å². The van der Waals surface area contributed by atoms with Crippen molar-refractivity contribution < 1.29 is 14.3 Å². The Bertz CT molecular complexity index is 794. The van der Waals surface area contributed by atoms with Crippen LogP contribution < -0.4 is 10.2 Å². The maximum atomic E-state index is 12.7. The molecule has 0 spiro atoms. The van der Waals surface area contributed by atoms with Crippen molar-refractivity contribution in [3.63, 3.8) is 0 Å². The minimum Gasteiger partial charge on any atom is -0.375 e. The molecule has 3 amide bonds. The van der Waals surface area contributed by atoms with Crippen LogP contribution in [0.25, 0.3) is 0 Å². The number of fused-ring (bicyclic) bond motifs is 1. The number of anilines is 1. The lowest BCUT2D eigenvalue weighted by Crippen LogP contribution is -2.43. The molecule has 6 heteroatoms. The third-order valence-corrected chi connectivity index (χ3v) is 4.86. The standard InChI is InChI=1S/C21H25N3O3/c1-23-18-11-7-6-10-17(18)19(27-2)15-24(13-12-20(23)25)21(26)22-14-16-8-4-3-5-9-16/h3-11,19H,12-15H2,1-2H3,(H,22,26). The zero-order chi connectivity index (χ0) is 19.2. The molecule has 0 saturated carbocycles. The van der Waals surface area contributed by atoms with Crippen LogP contribution in [0.4, 0.5) is 10.5 Å². The lowest BCUT2D eigenvalue weighted by molar-refractivity contribution is -0.118. The smallest absolute Gasteiger partial charge is 0.317 e. The van der Waals surface area contributed by atoms with Crippen molar-refractivity contribution in [1.29, 1.82) is 0 Å². The van der Waals surface area contributed by atoms with Crippen LogP contribution in [0.15, 0.2) is 54.6 Å². The van der Waals surface area contributed by atoms with Crippen molar-refractivity contribution in [1.82, 2.24) is 10.2 Å². The van der Waals surface area contributed by atoms with E-state index in [0.29, 0.717) is 19.6 Å². The fourth-order valence-corrected chi connectivity index (χ4v) is 3.26. The molecule has 3 rings (SSSR count). The summed E-state index contributed by atoms with van der Waals surface area (Å²) in [7, 11) is 3.39. The molecular weight excluding hydrogens is 342 g/mol. The van der Waals surface area contributed by atoms with Crippen LogP contribution in [-0.2, 0) is 16.1 Å². The van der Waals surface area contributed by atoms with Gasteiger partial charge in [-0.2, -0.15) is 0 Å². The molecule has 142 valence electrons. The highest BCUT2D eigenvalue weighted by molar-refractivity contribution is 5.94. The van der Waals surface area contributed by atoms with Crippen molar-refractivity contribution in [2.45, 2.75) is 19.1 Å². The molecule has 0 fully saturated rings. The molecule has 0 bridgehead atoms. The Hall–Kier alpha value is -2.86. The number of carbonyl (C=O) groups excluding carboxylic acids is 2. The number of rotatable bonds is 3. The lowest BCUT2D eigenvalue weighted by Gasteiger charge is -2.27. The minimum absolute atomic E-state index is 0.0277. The Labute approximate surface area is 159 Å². The van der Waals surface area contributed by atoms with Gasteiger partial charge in [0.2, 0.25) is 5.91 Å². The second-order valence-electron chi connectivity index (χ2n) is 6.58. The van der Waals surface area contributed by atoms with Crippen molar-refractivity contribution in [3.05, 3.63) is 65.7 Å². The zero-order valence-electron chi connectivity index (χ0n) is 15.7. The van der Waals surface area contributed by atoms with Crippen molar-refractivity contribution in [2.75, 3.05) is 32.1 Å². The van der Waals surface area contributed by atoms with Gasteiger partial charge in [-0.3, -0.25) is 4.79 Å². The number of amides is 3. The van der Waals surface area contributed by atoms with E-state index in [2.05, 4.69) is 5.32 Å².